The highest BCUT2D eigenvalue weighted by atomic mass is 32.2. The summed E-state index contributed by atoms with van der Waals surface area (Å²) in [7, 11) is 0. The van der Waals surface area contributed by atoms with E-state index in [0.29, 0.717) is 5.16 Å². The van der Waals surface area contributed by atoms with Crippen molar-refractivity contribution < 1.29 is 9.90 Å². The number of aromatic nitrogens is 4. The number of tetrazole rings is 1. The molecule has 1 aliphatic rings. The summed E-state index contributed by atoms with van der Waals surface area (Å²) in [6.07, 6.45) is 5.71. The Balaban J connectivity index is 2.00. The maximum atomic E-state index is 10.5. The lowest BCUT2D eigenvalue weighted by molar-refractivity contribution is -0.133. The number of hydrogen-bond acceptors (Lipinski definition) is 6. The van der Waals surface area contributed by atoms with E-state index in [9.17, 15) is 4.79 Å². The summed E-state index contributed by atoms with van der Waals surface area (Å²) < 4.78 is 1.97. The van der Waals surface area contributed by atoms with Crippen molar-refractivity contribution in [2.75, 3.05) is 12.0 Å². The number of carboxylic acids is 1. The van der Waals surface area contributed by atoms with Gasteiger partial charge in [0, 0.05) is 4.75 Å². The van der Waals surface area contributed by atoms with Crippen LogP contribution in [0.1, 0.15) is 19.3 Å². The highest BCUT2D eigenvalue weighted by molar-refractivity contribution is 8.00. The molecule has 0 aromatic carbocycles. The van der Waals surface area contributed by atoms with Gasteiger partial charge in [0.2, 0.25) is 5.16 Å². The zero-order chi connectivity index (χ0) is 12.3. The highest BCUT2D eigenvalue weighted by Gasteiger charge is 2.37. The summed E-state index contributed by atoms with van der Waals surface area (Å²) in [6, 6.07) is 0. The smallest absolute Gasteiger partial charge is 0.313 e. The third-order valence-electron chi connectivity index (χ3n) is 2.96. The molecule has 0 spiro atoms. The predicted octanol–water partition coefficient (Wildman–Crippen LogP) is 1.14. The van der Waals surface area contributed by atoms with Crippen molar-refractivity contribution in [3.8, 4) is 0 Å². The van der Waals surface area contributed by atoms with Crippen LogP contribution in [0.25, 0.3) is 0 Å². The number of thioether (sulfide) groups is 2. The van der Waals surface area contributed by atoms with Crippen LogP contribution < -0.4 is 0 Å². The molecule has 1 aromatic rings. The zero-order valence-corrected chi connectivity index (χ0v) is 11.1. The standard InChI is InChI=1S/C9H14N4O2S2/c1-16-9(3-2-4-9)6-13-8(10-11-12-13)17-5-7(14)15/h2-6H2,1H3,(H,14,15). The van der Waals surface area contributed by atoms with E-state index in [0.717, 1.165) is 6.54 Å². The van der Waals surface area contributed by atoms with E-state index >= 15 is 0 Å². The summed E-state index contributed by atoms with van der Waals surface area (Å²) in [5.74, 6) is -0.861. The van der Waals surface area contributed by atoms with E-state index in [1.807, 2.05) is 11.8 Å². The van der Waals surface area contributed by atoms with Crippen molar-refractivity contribution in [2.24, 2.45) is 0 Å². The Morgan fingerprint density at radius 2 is 2.35 bits per heavy atom. The molecule has 1 aromatic heterocycles. The Hall–Kier alpha value is -0.760. The molecule has 1 aliphatic carbocycles. The number of carbonyl (C=O) groups is 1. The number of carboxylic acid groups (broad SMARTS) is 1. The van der Waals surface area contributed by atoms with Gasteiger partial charge in [-0.25, -0.2) is 4.68 Å². The summed E-state index contributed by atoms with van der Waals surface area (Å²) in [4.78, 5) is 10.5. The second-order valence-corrected chi connectivity index (χ2v) is 6.26. The molecule has 6 nitrogen and oxygen atoms in total. The first-order chi connectivity index (χ1) is 8.15. The van der Waals surface area contributed by atoms with Gasteiger partial charge in [-0.3, -0.25) is 4.79 Å². The largest absolute Gasteiger partial charge is 0.481 e. The molecule has 0 aliphatic heterocycles. The number of aliphatic carboxylic acids is 1. The maximum Gasteiger partial charge on any atom is 0.313 e. The molecule has 0 amide bonds. The van der Waals surface area contributed by atoms with Crippen molar-refractivity contribution in [1.29, 1.82) is 0 Å². The number of hydrogen-bond donors (Lipinski definition) is 1. The molecular formula is C9H14N4O2S2. The average Bonchev–Trinajstić information content (AvgIpc) is 2.67. The monoisotopic (exact) mass is 274 g/mol. The molecule has 94 valence electrons. The van der Waals surface area contributed by atoms with Crippen LogP contribution in [-0.2, 0) is 11.3 Å². The molecule has 1 N–H and O–H groups in total. The van der Waals surface area contributed by atoms with Gasteiger partial charge in [-0.2, -0.15) is 11.8 Å². The van der Waals surface area contributed by atoms with Crippen LogP contribution in [0.5, 0.6) is 0 Å². The molecule has 0 atom stereocenters. The van der Waals surface area contributed by atoms with Gasteiger partial charge in [0.15, 0.2) is 0 Å². The van der Waals surface area contributed by atoms with Crippen LogP contribution in [0.2, 0.25) is 0 Å². The van der Waals surface area contributed by atoms with E-state index in [2.05, 4.69) is 21.8 Å². The molecule has 2 rings (SSSR count). The maximum absolute atomic E-state index is 10.5. The van der Waals surface area contributed by atoms with Gasteiger partial charge in [-0.15, -0.1) is 5.10 Å². The average molecular weight is 274 g/mol. The van der Waals surface area contributed by atoms with E-state index in [1.165, 1.54) is 31.0 Å². The van der Waals surface area contributed by atoms with Crippen molar-refractivity contribution in [3.05, 3.63) is 0 Å². The van der Waals surface area contributed by atoms with Crippen LogP contribution in [0, 0.1) is 0 Å². The fourth-order valence-corrected chi connectivity index (χ4v) is 3.34. The quantitative estimate of drug-likeness (QED) is 0.779. The zero-order valence-electron chi connectivity index (χ0n) is 9.50. The van der Waals surface area contributed by atoms with Gasteiger partial charge in [0.25, 0.3) is 0 Å². The highest BCUT2D eigenvalue weighted by Crippen LogP contribution is 2.44. The Labute approximate surface area is 108 Å². The molecule has 0 unspecified atom stereocenters. The van der Waals surface area contributed by atoms with Gasteiger partial charge in [-0.05, 0) is 29.5 Å². The van der Waals surface area contributed by atoms with Crippen LogP contribution >= 0.6 is 23.5 Å². The lowest BCUT2D eigenvalue weighted by Crippen LogP contribution is -2.38. The Morgan fingerprint density at radius 3 is 2.88 bits per heavy atom. The first-order valence-electron chi connectivity index (χ1n) is 5.31. The second-order valence-electron chi connectivity index (χ2n) is 4.04. The lowest BCUT2D eigenvalue weighted by atomic mass is 9.84. The fourth-order valence-electron chi connectivity index (χ4n) is 1.80. The third-order valence-corrected chi connectivity index (χ3v) is 5.30. The summed E-state index contributed by atoms with van der Waals surface area (Å²) in [6.45, 7) is 0.767. The molecule has 0 bridgehead atoms. The molecule has 0 saturated heterocycles. The number of rotatable bonds is 6. The van der Waals surface area contributed by atoms with E-state index in [1.54, 1.807) is 4.68 Å². The van der Waals surface area contributed by atoms with E-state index in [4.69, 9.17) is 5.11 Å². The number of nitrogens with zero attached hydrogens (tertiary/aromatic N) is 4. The summed E-state index contributed by atoms with van der Waals surface area (Å²) in [5.41, 5.74) is 0. The summed E-state index contributed by atoms with van der Waals surface area (Å²) in [5, 5.41) is 20.6. The van der Waals surface area contributed by atoms with Gasteiger partial charge < -0.3 is 5.11 Å². The predicted molar refractivity (Wildman–Crippen MR) is 66.3 cm³/mol. The molecule has 8 heteroatoms. The van der Waals surface area contributed by atoms with E-state index in [-0.39, 0.29) is 10.5 Å². The van der Waals surface area contributed by atoms with Crippen LogP contribution in [0.4, 0.5) is 0 Å². The molecule has 1 fully saturated rings. The second kappa shape index (κ2) is 5.26. The van der Waals surface area contributed by atoms with Crippen molar-refractivity contribution >= 4 is 29.5 Å². The molecule has 1 saturated carbocycles. The van der Waals surface area contributed by atoms with Crippen molar-refractivity contribution in [1.82, 2.24) is 20.2 Å². The third kappa shape index (κ3) is 2.92. The first-order valence-corrected chi connectivity index (χ1v) is 7.52. The Kier molecular flexibility index (Phi) is 3.93. The molecular weight excluding hydrogens is 260 g/mol. The normalized spacial score (nSPS) is 17.7. The Morgan fingerprint density at radius 1 is 1.59 bits per heavy atom. The fraction of sp³-hybridized carbons (Fsp3) is 0.778. The topological polar surface area (TPSA) is 80.9 Å². The van der Waals surface area contributed by atoms with Crippen LogP contribution in [0.3, 0.4) is 0 Å². The van der Waals surface area contributed by atoms with Crippen LogP contribution in [0.15, 0.2) is 5.16 Å². The van der Waals surface area contributed by atoms with Crippen molar-refractivity contribution in [3.63, 3.8) is 0 Å². The minimum atomic E-state index is -0.854. The Bertz CT molecular complexity index is 400. The van der Waals surface area contributed by atoms with Crippen LogP contribution in [-0.4, -0.2) is 48.0 Å². The lowest BCUT2D eigenvalue weighted by Gasteiger charge is -2.40. The summed E-state index contributed by atoms with van der Waals surface area (Å²) >= 11 is 3.01. The van der Waals surface area contributed by atoms with Crippen molar-refractivity contribution in [2.45, 2.75) is 35.7 Å². The minimum absolute atomic E-state index is 0.00730. The molecule has 17 heavy (non-hydrogen) atoms. The van der Waals surface area contributed by atoms with E-state index < -0.39 is 5.97 Å². The van der Waals surface area contributed by atoms with Gasteiger partial charge in [0.1, 0.15) is 0 Å². The molecule has 0 radical (unpaired) electrons. The van der Waals surface area contributed by atoms with Gasteiger partial charge in [-0.1, -0.05) is 18.2 Å². The molecule has 1 heterocycles. The SMILES string of the molecule is CSC1(Cn2nnnc2SCC(=O)O)CCC1. The minimum Gasteiger partial charge on any atom is -0.481 e. The van der Waals surface area contributed by atoms with Gasteiger partial charge in [0.05, 0.1) is 12.3 Å². The van der Waals surface area contributed by atoms with Gasteiger partial charge >= 0.3 is 5.97 Å². The first kappa shape index (κ1) is 12.7.